The van der Waals surface area contributed by atoms with E-state index in [1.807, 2.05) is 0 Å². The van der Waals surface area contributed by atoms with Crippen molar-refractivity contribution in [3.8, 4) is 18.1 Å². The summed E-state index contributed by atoms with van der Waals surface area (Å²) in [5.74, 6) is 5.49. The number of fused-ring (bicyclic) bond motifs is 5. The third kappa shape index (κ3) is 2.36. The highest BCUT2D eigenvalue weighted by atomic mass is 16.5. The van der Waals surface area contributed by atoms with Gasteiger partial charge in [-0.3, -0.25) is 0 Å². The molecule has 1 N–H and O–H groups in total. The Morgan fingerprint density at radius 3 is 2.96 bits per heavy atom. The average Bonchev–Trinajstić information content (AvgIpc) is 2.91. The van der Waals surface area contributed by atoms with Crippen LogP contribution in [0, 0.1) is 29.6 Å². The van der Waals surface area contributed by atoms with Crippen molar-refractivity contribution in [2.24, 2.45) is 17.3 Å². The summed E-state index contributed by atoms with van der Waals surface area (Å²) in [6, 6.07) is 6.59. The molecule has 0 heterocycles. The van der Waals surface area contributed by atoms with E-state index in [-0.39, 0.29) is 5.41 Å². The van der Waals surface area contributed by atoms with Gasteiger partial charge in [-0.2, -0.15) is 0 Å². The molecule has 0 amide bonds. The molecule has 0 aromatic heterocycles. The molecule has 0 radical (unpaired) electrons. The minimum atomic E-state index is -0.911. The summed E-state index contributed by atoms with van der Waals surface area (Å²) in [6.07, 6.45) is 13.8. The highest BCUT2D eigenvalue weighted by molar-refractivity contribution is 5.41. The van der Waals surface area contributed by atoms with E-state index in [2.05, 4.69) is 37.6 Å². The van der Waals surface area contributed by atoms with Crippen molar-refractivity contribution < 1.29 is 9.84 Å². The fourth-order valence-electron chi connectivity index (χ4n) is 6.06. The van der Waals surface area contributed by atoms with E-state index in [1.165, 1.54) is 17.5 Å². The Morgan fingerprint density at radius 2 is 2.20 bits per heavy atom. The number of ether oxygens (including phenoxy) is 1. The predicted octanol–water partition coefficient (Wildman–Crippen LogP) is 4.47. The van der Waals surface area contributed by atoms with Crippen LogP contribution < -0.4 is 4.74 Å². The summed E-state index contributed by atoms with van der Waals surface area (Å²) in [7, 11) is 0. The maximum absolute atomic E-state index is 11.0. The zero-order chi connectivity index (χ0) is 17.7. The maximum Gasteiger partial charge on any atom is 0.130 e. The monoisotopic (exact) mass is 336 g/mol. The molecular formula is C23H28O2. The summed E-state index contributed by atoms with van der Waals surface area (Å²) >= 11 is 0. The first kappa shape index (κ1) is 16.7. The van der Waals surface area contributed by atoms with Gasteiger partial charge in [-0.1, -0.05) is 31.6 Å². The lowest BCUT2D eigenvalue weighted by atomic mass is 9.53. The molecule has 0 aliphatic heterocycles. The molecular weight excluding hydrogens is 308 g/mol. The number of aryl methyl sites for hydroxylation is 1. The molecule has 0 saturated heterocycles. The number of rotatable bonds is 3. The zero-order valence-electron chi connectivity index (χ0n) is 15.1. The van der Waals surface area contributed by atoms with Gasteiger partial charge in [0, 0.05) is 5.41 Å². The minimum absolute atomic E-state index is 0.118. The molecule has 25 heavy (non-hydrogen) atoms. The lowest BCUT2D eigenvalue weighted by Crippen LogP contribution is -2.50. The van der Waals surface area contributed by atoms with Crippen LogP contribution in [-0.4, -0.2) is 17.3 Å². The summed E-state index contributed by atoms with van der Waals surface area (Å²) in [6.45, 7) is 6.50. The molecule has 2 heteroatoms. The van der Waals surface area contributed by atoms with Gasteiger partial charge in [-0.15, -0.1) is 6.42 Å². The Hall–Kier alpha value is -1.72. The second kappa shape index (κ2) is 5.92. The molecule has 3 aliphatic rings. The average molecular weight is 336 g/mol. The largest absolute Gasteiger partial charge is 0.490 e. The molecule has 0 spiro atoms. The number of hydrogen-bond donors (Lipinski definition) is 1. The molecule has 3 aliphatic carbocycles. The van der Waals surface area contributed by atoms with Crippen molar-refractivity contribution in [1.29, 1.82) is 0 Å². The van der Waals surface area contributed by atoms with E-state index < -0.39 is 5.60 Å². The molecule has 1 aromatic rings. The third-order valence-electron chi connectivity index (χ3n) is 7.46. The van der Waals surface area contributed by atoms with E-state index in [0.29, 0.717) is 24.4 Å². The molecule has 0 bridgehead atoms. The Labute approximate surface area is 151 Å². The highest BCUT2D eigenvalue weighted by Gasteiger charge is 2.61. The van der Waals surface area contributed by atoms with Gasteiger partial charge in [0.25, 0.3) is 0 Å². The first-order chi connectivity index (χ1) is 12.0. The molecule has 0 unspecified atom stereocenters. The normalized spacial score (nSPS) is 38.8. The minimum Gasteiger partial charge on any atom is -0.490 e. The first-order valence-electron chi connectivity index (χ1n) is 9.59. The third-order valence-corrected chi connectivity index (χ3v) is 7.46. The van der Waals surface area contributed by atoms with Crippen molar-refractivity contribution in [1.82, 2.24) is 0 Å². The van der Waals surface area contributed by atoms with Gasteiger partial charge in [0.2, 0.25) is 0 Å². The molecule has 132 valence electrons. The molecule has 4 rings (SSSR count). The van der Waals surface area contributed by atoms with Gasteiger partial charge >= 0.3 is 0 Å². The highest BCUT2D eigenvalue weighted by Crippen LogP contribution is 2.64. The zero-order valence-corrected chi connectivity index (χ0v) is 15.1. The summed E-state index contributed by atoms with van der Waals surface area (Å²) < 4.78 is 5.71. The van der Waals surface area contributed by atoms with E-state index in [0.717, 1.165) is 37.9 Å². The van der Waals surface area contributed by atoms with Gasteiger partial charge in [-0.05, 0) is 79.5 Å². The van der Waals surface area contributed by atoms with E-state index >= 15 is 0 Å². The van der Waals surface area contributed by atoms with Crippen LogP contribution in [0.3, 0.4) is 0 Å². The lowest BCUT2D eigenvalue weighted by molar-refractivity contribution is -0.0646. The van der Waals surface area contributed by atoms with Crippen LogP contribution >= 0.6 is 0 Å². The topological polar surface area (TPSA) is 29.5 Å². The summed E-state index contributed by atoms with van der Waals surface area (Å²) in [5.41, 5.74) is 1.91. The van der Waals surface area contributed by atoms with E-state index in [1.54, 1.807) is 6.08 Å². The van der Waals surface area contributed by atoms with Crippen molar-refractivity contribution in [3.63, 3.8) is 0 Å². The van der Waals surface area contributed by atoms with Crippen molar-refractivity contribution in [3.05, 3.63) is 42.0 Å². The second-order valence-electron chi connectivity index (χ2n) is 8.38. The number of aliphatic hydroxyl groups is 1. The molecule has 5 atom stereocenters. The molecule has 1 aromatic carbocycles. The summed E-state index contributed by atoms with van der Waals surface area (Å²) in [4.78, 5) is 0. The van der Waals surface area contributed by atoms with Crippen LogP contribution in [0.2, 0.25) is 0 Å². The van der Waals surface area contributed by atoms with Crippen LogP contribution in [0.5, 0.6) is 5.75 Å². The van der Waals surface area contributed by atoms with Gasteiger partial charge in [0.1, 0.15) is 18.0 Å². The number of terminal acetylenes is 1. The standard InChI is InChI=1S/C23H28O2/c1-4-14-25-17-7-9-18-16(15-17)6-8-20-19(18)10-12-22(3)21(20)11-13-23(22,24)5-2/h2,4,7,9,15,19-21,24H,1,6,8,10-14H2,3H3/t19-,20-,21-,22-,23+/m0/s1. The Morgan fingerprint density at radius 1 is 1.36 bits per heavy atom. The van der Waals surface area contributed by atoms with E-state index in [9.17, 15) is 5.11 Å². The van der Waals surface area contributed by atoms with Gasteiger partial charge in [-0.25, -0.2) is 0 Å². The molecule has 2 nitrogen and oxygen atoms in total. The van der Waals surface area contributed by atoms with Crippen LogP contribution in [0.1, 0.15) is 56.1 Å². The molecule has 2 saturated carbocycles. The maximum atomic E-state index is 11.0. The smallest absolute Gasteiger partial charge is 0.130 e. The first-order valence-corrected chi connectivity index (χ1v) is 9.59. The van der Waals surface area contributed by atoms with Crippen molar-refractivity contribution in [2.75, 3.05) is 6.61 Å². The van der Waals surface area contributed by atoms with Gasteiger partial charge in [0.15, 0.2) is 0 Å². The van der Waals surface area contributed by atoms with Crippen LogP contribution in [0.25, 0.3) is 0 Å². The number of hydrogen-bond acceptors (Lipinski definition) is 2. The quantitative estimate of drug-likeness (QED) is 0.652. The Balaban J connectivity index is 1.63. The summed E-state index contributed by atoms with van der Waals surface area (Å²) in [5, 5.41) is 11.0. The lowest BCUT2D eigenvalue weighted by Gasteiger charge is -2.52. The van der Waals surface area contributed by atoms with Gasteiger partial charge < -0.3 is 9.84 Å². The van der Waals surface area contributed by atoms with Crippen molar-refractivity contribution in [2.45, 2.75) is 57.0 Å². The van der Waals surface area contributed by atoms with Crippen LogP contribution in [0.15, 0.2) is 30.9 Å². The fraction of sp³-hybridized carbons (Fsp3) is 0.565. The predicted molar refractivity (Wildman–Crippen MR) is 101 cm³/mol. The van der Waals surface area contributed by atoms with E-state index in [4.69, 9.17) is 11.2 Å². The molecule has 2 fully saturated rings. The SMILES string of the molecule is C#C[C@@]1(O)CC[C@H]2[C@H]3CCc4cc(OCC=C)ccc4[C@@H]3CC[C@@]21C. The fourth-order valence-corrected chi connectivity index (χ4v) is 6.06. The van der Waals surface area contributed by atoms with Gasteiger partial charge in [0.05, 0.1) is 0 Å². The Kier molecular flexibility index (Phi) is 3.96. The van der Waals surface area contributed by atoms with Crippen LogP contribution in [0.4, 0.5) is 0 Å². The number of benzene rings is 1. The van der Waals surface area contributed by atoms with Crippen LogP contribution in [-0.2, 0) is 6.42 Å². The second-order valence-corrected chi connectivity index (χ2v) is 8.38. The van der Waals surface area contributed by atoms with Crippen molar-refractivity contribution >= 4 is 0 Å². The Bertz CT molecular complexity index is 730.